The Labute approximate surface area is 159 Å². The van der Waals surface area contributed by atoms with Gasteiger partial charge in [-0.05, 0) is 62.6 Å². The molecule has 0 atom stereocenters. The summed E-state index contributed by atoms with van der Waals surface area (Å²) >= 11 is 1.61. The molecule has 0 saturated heterocycles. The Morgan fingerprint density at radius 1 is 0.962 bits per heavy atom. The third kappa shape index (κ3) is 6.23. The van der Waals surface area contributed by atoms with E-state index in [2.05, 4.69) is 37.4 Å². The highest BCUT2D eigenvalue weighted by atomic mass is 32.2. The summed E-state index contributed by atoms with van der Waals surface area (Å²) in [6.45, 7) is 7.81. The number of aryl methyl sites for hydroxylation is 4. The van der Waals surface area contributed by atoms with Crippen molar-refractivity contribution in [3.63, 3.8) is 0 Å². The van der Waals surface area contributed by atoms with E-state index in [9.17, 15) is 9.59 Å². The minimum Gasteiger partial charge on any atom is -0.456 e. The first-order chi connectivity index (χ1) is 12.3. The van der Waals surface area contributed by atoms with Crippen LogP contribution in [-0.2, 0) is 14.3 Å². The lowest BCUT2D eigenvalue weighted by atomic mass is 10.1. The standard InChI is InChI=1S/C21H25NO3S/c1-14-5-8-19(17(4)11-14)22-20(23)13-25-21(24)9-10-26-18-7-6-15(2)16(3)12-18/h5-8,11-12H,9-10,13H2,1-4H3,(H,22,23). The molecule has 0 bridgehead atoms. The van der Waals surface area contributed by atoms with E-state index < -0.39 is 0 Å². The van der Waals surface area contributed by atoms with E-state index in [1.165, 1.54) is 11.1 Å². The first kappa shape index (κ1) is 20.0. The minimum absolute atomic E-state index is 0.263. The number of thioether (sulfide) groups is 1. The van der Waals surface area contributed by atoms with Crippen LogP contribution in [0.2, 0.25) is 0 Å². The van der Waals surface area contributed by atoms with Crippen LogP contribution in [0.15, 0.2) is 41.3 Å². The molecule has 0 saturated carbocycles. The molecule has 26 heavy (non-hydrogen) atoms. The number of carbonyl (C=O) groups is 2. The number of esters is 1. The van der Waals surface area contributed by atoms with Gasteiger partial charge in [0.25, 0.3) is 5.91 Å². The molecule has 0 heterocycles. The van der Waals surface area contributed by atoms with E-state index in [1.54, 1.807) is 11.8 Å². The molecule has 2 rings (SSSR count). The largest absolute Gasteiger partial charge is 0.456 e. The molecule has 0 aliphatic carbocycles. The van der Waals surface area contributed by atoms with Gasteiger partial charge in [-0.1, -0.05) is 23.8 Å². The number of carbonyl (C=O) groups excluding carboxylic acids is 2. The van der Waals surface area contributed by atoms with E-state index in [0.717, 1.165) is 21.7 Å². The number of ether oxygens (including phenoxy) is 1. The number of rotatable bonds is 7. The van der Waals surface area contributed by atoms with E-state index in [-0.39, 0.29) is 24.9 Å². The maximum Gasteiger partial charge on any atom is 0.307 e. The van der Waals surface area contributed by atoms with Crippen LogP contribution < -0.4 is 5.32 Å². The highest BCUT2D eigenvalue weighted by Crippen LogP contribution is 2.21. The normalized spacial score (nSPS) is 10.5. The van der Waals surface area contributed by atoms with Crippen molar-refractivity contribution in [2.45, 2.75) is 39.0 Å². The minimum atomic E-state index is -0.364. The average molecular weight is 372 g/mol. The molecule has 5 heteroatoms. The summed E-state index contributed by atoms with van der Waals surface area (Å²) in [5.74, 6) is -0.0655. The fourth-order valence-electron chi connectivity index (χ4n) is 2.41. The van der Waals surface area contributed by atoms with Gasteiger partial charge >= 0.3 is 5.97 Å². The smallest absolute Gasteiger partial charge is 0.307 e. The second-order valence-corrected chi connectivity index (χ2v) is 7.54. The summed E-state index contributed by atoms with van der Waals surface area (Å²) in [6, 6.07) is 12.0. The van der Waals surface area contributed by atoms with Gasteiger partial charge in [-0.2, -0.15) is 0 Å². The molecule has 0 aromatic heterocycles. The maximum absolute atomic E-state index is 11.9. The van der Waals surface area contributed by atoms with Gasteiger partial charge in [-0.3, -0.25) is 9.59 Å². The number of hydrogen-bond acceptors (Lipinski definition) is 4. The van der Waals surface area contributed by atoms with Gasteiger partial charge in [0.1, 0.15) is 0 Å². The Kier molecular flexibility index (Phi) is 7.27. The van der Waals surface area contributed by atoms with Crippen molar-refractivity contribution in [1.29, 1.82) is 0 Å². The van der Waals surface area contributed by atoms with Gasteiger partial charge in [0.2, 0.25) is 0 Å². The molecule has 2 aromatic rings. The first-order valence-corrected chi connectivity index (χ1v) is 9.56. The first-order valence-electron chi connectivity index (χ1n) is 8.58. The summed E-state index contributed by atoms with van der Waals surface area (Å²) in [5, 5.41) is 2.76. The predicted molar refractivity (Wildman–Crippen MR) is 107 cm³/mol. The molecule has 4 nitrogen and oxygen atoms in total. The molecule has 0 radical (unpaired) electrons. The van der Waals surface area contributed by atoms with Crippen LogP contribution in [0.25, 0.3) is 0 Å². The summed E-state index contributed by atoms with van der Waals surface area (Å²) in [7, 11) is 0. The Balaban J connectivity index is 1.70. The van der Waals surface area contributed by atoms with Gasteiger partial charge in [0, 0.05) is 16.3 Å². The molecule has 0 unspecified atom stereocenters. The zero-order valence-corrected chi connectivity index (χ0v) is 16.5. The van der Waals surface area contributed by atoms with Gasteiger partial charge in [0.15, 0.2) is 6.61 Å². The van der Waals surface area contributed by atoms with E-state index in [0.29, 0.717) is 5.75 Å². The molecule has 0 fully saturated rings. The lowest BCUT2D eigenvalue weighted by Gasteiger charge is -2.10. The van der Waals surface area contributed by atoms with Crippen LogP contribution in [0, 0.1) is 27.7 Å². The Bertz CT molecular complexity index is 802. The van der Waals surface area contributed by atoms with Crippen molar-refractivity contribution >= 4 is 29.3 Å². The molecular formula is C21H25NO3S. The van der Waals surface area contributed by atoms with Crippen LogP contribution >= 0.6 is 11.8 Å². The fourth-order valence-corrected chi connectivity index (χ4v) is 3.34. The second-order valence-electron chi connectivity index (χ2n) is 6.37. The Hall–Kier alpha value is -2.27. The van der Waals surface area contributed by atoms with Crippen LogP contribution in [-0.4, -0.2) is 24.2 Å². The molecule has 1 N–H and O–H groups in total. The average Bonchev–Trinajstić information content (AvgIpc) is 2.59. The highest BCUT2D eigenvalue weighted by molar-refractivity contribution is 7.99. The van der Waals surface area contributed by atoms with Crippen molar-refractivity contribution in [3.05, 3.63) is 58.7 Å². The molecule has 138 valence electrons. The van der Waals surface area contributed by atoms with Crippen molar-refractivity contribution in [2.24, 2.45) is 0 Å². The Morgan fingerprint density at radius 2 is 1.73 bits per heavy atom. The van der Waals surface area contributed by atoms with Gasteiger partial charge < -0.3 is 10.1 Å². The summed E-state index contributed by atoms with van der Waals surface area (Å²) in [5.41, 5.74) is 5.34. The van der Waals surface area contributed by atoms with Crippen molar-refractivity contribution in [3.8, 4) is 0 Å². The monoisotopic (exact) mass is 371 g/mol. The number of nitrogens with one attached hydrogen (secondary N) is 1. The third-order valence-corrected chi connectivity index (χ3v) is 5.07. The summed E-state index contributed by atoms with van der Waals surface area (Å²) < 4.78 is 5.06. The quantitative estimate of drug-likeness (QED) is 0.571. The van der Waals surface area contributed by atoms with Gasteiger partial charge in [0.05, 0.1) is 6.42 Å². The lowest BCUT2D eigenvalue weighted by Crippen LogP contribution is -2.21. The van der Waals surface area contributed by atoms with E-state index in [4.69, 9.17) is 4.74 Å². The molecule has 0 spiro atoms. The molecular weight excluding hydrogens is 346 g/mol. The van der Waals surface area contributed by atoms with Crippen LogP contribution in [0.4, 0.5) is 5.69 Å². The van der Waals surface area contributed by atoms with E-state index >= 15 is 0 Å². The number of anilines is 1. The predicted octanol–water partition coefficient (Wildman–Crippen LogP) is 4.58. The topological polar surface area (TPSA) is 55.4 Å². The van der Waals surface area contributed by atoms with E-state index in [1.807, 2.05) is 32.0 Å². The number of benzene rings is 2. The highest BCUT2D eigenvalue weighted by Gasteiger charge is 2.09. The zero-order chi connectivity index (χ0) is 19.1. The SMILES string of the molecule is Cc1ccc(NC(=O)COC(=O)CCSc2ccc(C)c(C)c2)c(C)c1. The summed E-state index contributed by atoms with van der Waals surface area (Å²) in [4.78, 5) is 24.9. The molecule has 2 aromatic carbocycles. The van der Waals surface area contributed by atoms with Crippen molar-refractivity contribution < 1.29 is 14.3 Å². The van der Waals surface area contributed by atoms with Crippen LogP contribution in [0.5, 0.6) is 0 Å². The fraction of sp³-hybridized carbons (Fsp3) is 0.333. The third-order valence-electron chi connectivity index (χ3n) is 4.07. The molecule has 0 aliphatic heterocycles. The molecule has 1 amide bonds. The van der Waals surface area contributed by atoms with Gasteiger partial charge in [-0.25, -0.2) is 0 Å². The van der Waals surface area contributed by atoms with Crippen LogP contribution in [0.3, 0.4) is 0 Å². The maximum atomic E-state index is 11.9. The Morgan fingerprint density at radius 3 is 2.42 bits per heavy atom. The van der Waals surface area contributed by atoms with Gasteiger partial charge in [-0.15, -0.1) is 11.8 Å². The number of amides is 1. The summed E-state index contributed by atoms with van der Waals surface area (Å²) in [6.07, 6.45) is 0.272. The van der Waals surface area contributed by atoms with Crippen molar-refractivity contribution in [1.82, 2.24) is 0 Å². The second kappa shape index (κ2) is 9.43. The molecule has 0 aliphatic rings. The van der Waals surface area contributed by atoms with Crippen LogP contribution in [0.1, 0.15) is 28.7 Å². The lowest BCUT2D eigenvalue weighted by molar-refractivity contribution is -0.146. The van der Waals surface area contributed by atoms with Crippen molar-refractivity contribution in [2.75, 3.05) is 17.7 Å². The number of hydrogen-bond donors (Lipinski definition) is 1. The zero-order valence-electron chi connectivity index (χ0n) is 15.7.